The van der Waals surface area contributed by atoms with E-state index in [4.69, 9.17) is 11.6 Å². The Hall–Kier alpha value is -2.29. The maximum Gasteiger partial charge on any atom is 0.406 e. The highest BCUT2D eigenvalue weighted by Gasteiger charge is 2.32. The van der Waals surface area contributed by atoms with Crippen LogP contribution in [0.15, 0.2) is 29.1 Å². The van der Waals surface area contributed by atoms with Gasteiger partial charge in [0.05, 0.1) is 6.61 Å². The minimum absolute atomic E-state index is 0.0842. The van der Waals surface area contributed by atoms with Crippen LogP contribution in [0.25, 0.3) is 11.4 Å². The summed E-state index contributed by atoms with van der Waals surface area (Å²) in [5.41, 5.74) is -0.784. The third kappa shape index (κ3) is 4.38. The molecule has 2 aromatic rings. The van der Waals surface area contributed by atoms with Crippen LogP contribution >= 0.6 is 11.6 Å². The number of halogens is 4. The molecule has 6 nitrogen and oxygen atoms in total. The van der Waals surface area contributed by atoms with Crippen LogP contribution in [0.5, 0.6) is 0 Å². The average Bonchev–Trinajstić information content (AvgIpc) is 2.76. The molecule has 0 spiro atoms. The predicted octanol–water partition coefficient (Wildman–Crippen LogP) is 2.49. The number of carbonyl (C=O) groups is 1. The third-order valence-electron chi connectivity index (χ3n) is 2.95. The van der Waals surface area contributed by atoms with Crippen molar-refractivity contribution in [3.63, 3.8) is 0 Å². The van der Waals surface area contributed by atoms with Gasteiger partial charge in [-0.3, -0.25) is 9.36 Å². The van der Waals surface area contributed by atoms with Crippen molar-refractivity contribution in [2.75, 3.05) is 6.61 Å². The molecule has 1 heterocycles. The molecular weight excluding hydrogens is 351 g/mol. The lowest BCUT2D eigenvalue weighted by Crippen LogP contribution is -2.32. The monoisotopic (exact) mass is 363 g/mol. The second kappa shape index (κ2) is 7.08. The smallest absolute Gasteiger partial charge is 0.406 e. The Morgan fingerprint density at radius 3 is 2.46 bits per heavy atom. The number of alkyl halides is 3. The number of rotatable bonds is 5. The normalized spacial score (nSPS) is 11.5. The maximum atomic E-state index is 12.8. The second-order valence-corrected chi connectivity index (χ2v) is 5.21. The van der Waals surface area contributed by atoms with E-state index in [9.17, 15) is 22.8 Å². The molecule has 0 unspecified atom stereocenters. The zero-order valence-electron chi connectivity index (χ0n) is 12.5. The lowest BCUT2D eigenvalue weighted by Gasteiger charge is -2.08. The van der Waals surface area contributed by atoms with E-state index in [1.165, 1.54) is 24.3 Å². The molecule has 1 aromatic carbocycles. The highest BCUT2D eigenvalue weighted by Crippen LogP contribution is 2.23. The fraction of sp³-hybridized carbons (Fsp3) is 0.357. The van der Waals surface area contributed by atoms with Gasteiger partial charge in [-0.1, -0.05) is 11.6 Å². The summed E-state index contributed by atoms with van der Waals surface area (Å²) < 4.78 is 44.1. The fourth-order valence-corrected chi connectivity index (χ4v) is 2.13. The molecule has 0 amide bonds. The minimum Gasteiger partial charge on any atom is -0.465 e. The molecule has 0 saturated heterocycles. The largest absolute Gasteiger partial charge is 0.465 e. The molecule has 0 bridgehead atoms. The van der Waals surface area contributed by atoms with Crippen LogP contribution in [0.1, 0.15) is 6.92 Å². The minimum atomic E-state index is -4.62. The molecule has 24 heavy (non-hydrogen) atoms. The Labute approximate surface area is 139 Å². The molecule has 2 rings (SSSR count). The molecule has 0 aliphatic heterocycles. The quantitative estimate of drug-likeness (QED) is 0.765. The van der Waals surface area contributed by atoms with Gasteiger partial charge in [0.25, 0.3) is 0 Å². The molecule has 1 aromatic heterocycles. The van der Waals surface area contributed by atoms with Gasteiger partial charge in [-0.2, -0.15) is 13.2 Å². The molecule has 0 fully saturated rings. The van der Waals surface area contributed by atoms with Gasteiger partial charge in [0, 0.05) is 10.6 Å². The molecule has 0 saturated carbocycles. The first-order valence-electron chi connectivity index (χ1n) is 6.87. The van der Waals surface area contributed by atoms with E-state index in [0.29, 0.717) is 14.3 Å². The summed E-state index contributed by atoms with van der Waals surface area (Å²) in [6.45, 7) is -0.437. The number of benzene rings is 1. The number of ether oxygens (including phenoxy) is 1. The van der Waals surface area contributed by atoms with Gasteiger partial charge in [0.2, 0.25) is 0 Å². The Morgan fingerprint density at radius 2 is 1.92 bits per heavy atom. The Bertz CT molecular complexity index is 781. The van der Waals surface area contributed by atoms with Crippen LogP contribution in [-0.2, 0) is 22.6 Å². The standard InChI is InChI=1S/C14H13ClF3N3O3/c1-2-24-11(22)7-21-13(23)20(8-14(16,17)18)12(19-21)9-3-5-10(15)6-4-9/h3-6H,2,7-8H2,1H3. The molecule has 130 valence electrons. The van der Waals surface area contributed by atoms with Gasteiger partial charge >= 0.3 is 17.8 Å². The van der Waals surface area contributed by atoms with Crippen LogP contribution in [-0.4, -0.2) is 33.1 Å². The lowest BCUT2D eigenvalue weighted by molar-refractivity contribution is -0.144. The topological polar surface area (TPSA) is 66.1 Å². The van der Waals surface area contributed by atoms with E-state index in [2.05, 4.69) is 9.84 Å². The summed E-state index contributed by atoms with van der Waals surface area (Å²) in [6, 6.07) is 5.80. The number of esters is 1. The van der Waals surface area contributed by atoms with Crippen molar-refractivity contribution >= 4 is 17.6 Å². The van der Waals surface area contributed by atoms with Crippen molar-refractivity contribution in [3.05, 3.63) is 39.8 Å². The van der Waals surface area contributed by atoms with Crippen LogP contribution in [0, 0.1) is 0 Å². The molecule has 0 aliphatic rings. The number of aromatic nitrogens is 3. The SMILES string of the molecule is CCOC(=O)Cn1nc(-c2ccc(Cl)cc2)n(CC(F)(F)F)c1=O. The van der Waals surface area contributed by atoms with E-state index in [-0.39, 0.29) is 18.0 Å². The van der Waals surface area contributed by atoms with Crippen molar-refractivity contribution in [3.8, 4) is 11.4 Å². The Kier molecular flexibility index (Phi) is 5.33. The van der Waals surface area contributed by atoms with Crippen molar-refractivity contribution < 1.29 is 22.7 Å². The second-order valence-electron chi connectivity index (χ2n) is 4.78. The summed E-state index contributed by atoms with van der Waals surface area (Å²) in [5.74, 6) is -0.975. The van der Waals surface area contributed by atoms with E-state index >= 15 is 0 Å². The summed E-state index contributed by atoms with van der Waals surface area (Å²) in [4.78, 5) is 23.7. The number of hydrogen-bond acceptors (Lipinski definition) is 4. The van der Waals surface area contributed by atoms with E-state index in [0.717, 1.165) is 0 Å². The molecule has 0 radical (unpaired) electrons. The maximum absolute atomic E-state index is 12.8. The van der Waals surface area contributed by atoms with Gasteiger partial charge in [-0.15, -0.1) is 5.10 Å². The highest BCUT2D eigenvalue weighted by atomic mass is 35.5. The van der Waals surface area contributed by atoms with Gasteiger partial charge in [-0.25, -0.2) is 9.48 Å². The average molecular weight is 364 g/mol. The van der Waals surface area contributed by atoms with Crippen molar-refractivity contribution in [1.29, 1.82) is 0 Å². The van der Waals surface area contributed by atoms with Crippen LogP contribution in [0.4, 0.5) is 13.2 Å². The van der Waals surface area contributed by atoms with Gasteiger partial charge in [-0.05, 0) is 31.2 Å². The highest BCUT2D eigenvalue weighted by molar-refractivity contribution is 6.30. The fourth-order valence-electron chi connectivity index (χ4n) is 2.01. The van der Waals surface area contributed by atoms with Crippen LogP contribution < -0.4 is 5.69 Å². The Balaban J connectivity index is 2.49. The van der Waals surface area contributed by atoms with Crippen LogP contribution in [0.3, 0.4) is 0 Å². The first kappa shape index (κ1) is 18.1. The summed E-state index contributed by atoms with van der Waals surface area (Å²) >= 11 is 5.75. The zero-order chi connectivity index (χ0) is 17.9. The molecular formula is C14H13ClF3N3O3. The summed E-state index contributed by atoms with van der Waals surface area (Å²) in [6.07, 6.45) is -4.62. The van der Waals surface area contributed by atoms with Gasteiger partial charge in [0.15, 0.2) is 5.82 Å². The zero-order valence-corrected chi connectivity index (χ0v) is 13.3. The van der Waals surface area contributed by atoms with Crippen molar-refractivity contribution in [1.82, 2.24) is 14.3 Å². The van der Waals surface area contributed by atoms with Crippen LogP contribution in [0.2, 0.25) is 5.02 Å². The van der Waals surface area contributed by atoms with Crippen molar-refractivity contribution in [2.24, 2.45) is 0 Å². The Morgan fingerprint density at radius 1 is 1.29 bits per heavy atom. The lowest BCUT2D eigenvalue weighted by atomic mass is 10.2. The first-order valence-corrected chi connectivity index (χ1v) is 7.25. The molecule has 0 aliphatic carbocycles. The molecule has 0 N–H and O–H groups in total. The van der Waals surface area contributed by atoms with Crippen molar-refractivity contribution in [2.45, 2.75) is 26.2 Å². The number of hydrogen-bond donors (Lipinski definition) is 0. The molecule has 10 heteroatoms. The summed E-state index contributed by atoms with van der Waals surface area (Å²) in [7, 11) is 0. The van der Waals surface area contributed by atoms with E-state index in [1.54, 1.807) is 6.92 Å². The molecule has 0 atom stereocenters. The predicted molar refractivity (Wildman–Crippen MR) is 79.6 cm³/mol. The number of carbonyl (C=O) groups excluding carboxylic acids is 1. The van der Waals surface area contributed by atoms with Gasteiger partial charge < -0.3 is 4.74 Å². The first-order chi connectivity index (χ1) is 11.2. The summed E-state index contributed by atoms with van der Waals surface area (Å²) in [5, 5.41) is 4.22. The van der Waals surface area contributed by atoms with E-state index < -0.39 is 30.9 Å². The van der Waals surface area contributed by atoms with Gasteiger partial charge in [0.1, 0.15) is 13.1 Å². The third-order valence-corrected chi connectivity index (χ3v) is 3.20. The van der Waals surface area contributed by atoms with E-state index in [1.807, 2.05) is 0 Å². The number of nitrogens with zero attached hydrogens (tertiary/aromatic N) is 3.